The number of nitrogens with one attached hydrogen (secondary N) is 2. The van der Waals surface area contributed by atoms with Gasteiger partial charge in [0.15, 0.2) is 5.82 Å². The van der Waals surface area contributed by atoms with Crippen LogP contribution in [0.1, 0.15) is 17.5 Å². The Kier molecular flexibility index (Phi) is 4.28. The second-order valence-corrected chi connectivity index (χ2v) is 7.29. The van der Waals surface area contributed by atoms with Gasteiger partial charge in [-0.3, -0.25) is 9.89 Å². The number of hydrogen-bond acceptors (Lipinski definition) is 4. The zero-order valence-corrected chi connectivity index (χ0v) is 14.6. The molecule has 4 rings (SSSR count). The van der Waals surface area contributed by atoms with Crippen LogP contribution in [0.4, 0.5) is 5.69 Å². The van der Waals surface area contributed by atoms with Gasteiger partial charge in [0, 0.05) is 11.3 Å². The van der Waals surface area contributed by atoms with Gasteiger partial charge in [0.05, 0.1) is 5.25 Å². The average molecular weight is 350 g/mol. The first-order chi connectivity index (χ1) is 12.2. The average Bonchev–Trinajstić information content (AvgIpc) is 3.02. The third-order valence-corrected chi connectivity index (χ3v) is 5.41. The standard InChI is InChI=1S/C19H18N4OS/c1-12-6-8-14(9-7-12)17-21-19(23-22-17)25-16-11-10-13-4-2-3-5-15(13)20-18(16)24/h2-9,16H,10-11H2,1H3,(H,20,24)(H,21,22,23). The number of carbonyl (C=O) groups excluding carboxylic acids is 1. The highest BCUT2D eigenvalue weighted by Gasteiger charge is 2.26. The van der Waals surface area contributed by atoms with Crippen molar-refractivity contribution in [2.24, 2.45) is 0 Å². The van der Waals surface area contributed by atoms with Gasteiger partial charge in [-0.2, -0.15) is 0 Å². The molecule has 1 amide bonds. The molecule has 0 bridgehead atoms. The molecule has 2 aromatic carbocycles. The van der Waals surface area contributed by atoms with Crippen molar-refractivity contribution in [3.05, 3.63) is 59.7 Å². The number of hydrogen-bond donors (Lipinski definition) is 2. The minimum Gasteiger partial charge on any atom is -0.325 e. The minimum atomic E-state index is -0.200. The largest absolute Gasteiger partial charge is 0.325 e. The number of benzene rings is 2. The van der Waals surface area contributed by atoms with Crippen LogP contribution in [0.3, 0.4) is 0 Å². The Morgan fingerprint density at radius 3 is 2.76 bits per heavy atom. The van der Waals surface area contributed by atoms with Gasteiger partial charge in [0.25, 0.3) is 0 Å². The van der Waals surface area contributed by atoms with Crippen molar-refractivity contribution < 1.29 is 4.79 Å². The number of aromatic amines is 1. The van der Waals surface area contributed by atoms with Gasteiger partial charge in [-0.1, -0.05) is 59.8 Å². The molecule has 3 aromatic rings. The molecule has 1 atom stereocenters. The van der Waals surface area contributed by atoms with Crippen LogP contribution in [-0.2, 0) is 11.2 Å². The van der Waals surface area contributed by atoms with E-state index in [0.717, 1.165) is 29.9 Å². The van der Waals surface area contributed by atoms with Crippen LogP contribution in [0.15, 0.2) is 53.7 Å². The number of nitrogens with zero attached hydrogens (tertiary/aromatic N) is 2. The molecule has 5 nitrogen and oxygen atoms in total. The summed E-state index contributed by atoms with van der Waals surface area (Å²) in [6.45, 7) is 2.05. The molecule has 2 heterocycles. The molecule has 0 saturated carbocycles. The highest BCUT2D eigenvalue weighted by atomic mass is 32.2. The topological polar surface area (TPSA) is 70.7 Å². The van der Waals surface area contributed by atoms with E-state index >= 15 is 0 Å². The molecule has 1 aromatic heterocycles. The predicted molar refractivity (Wildman–Crippen MR) is 99.6 cm³/mol. The summed E-state index contributed by atoms with van der Waals surface area (Å²) < 4.78 is 0. The lowest BCUT2D eigenvalue weighted by Gasteiger charge is -2.10. The summed E-state index contributed by atoms with van der Waals surface area (Å²) >= 11 is 1.41. The Bertz CT molecular complexity index is 904. The number of amides is 1. The van der Waals surface area contributed by atoms with E-state index < -0.39 is 0 Å². The number of thioether (sulfide) groups is 1. The maximum atomic E-state index is 12.5. The fraction of sp³-hybridized carbons (Fsp3) is 0.211. The van der Waals surface area contributed by atoms with Crippen LogP contribution >= 0.6 is 11.8 Å². The molecule has 1 aliphatic rings. The van der Waals surface area contributed by atoms with Gasteiger partial charge in [-0.05, 0) is 31.4 Å². The van der Waals surface area contributed by atoms with Gasteiger partial charge < -0.3 is 5.32 Å². The molecule has 0 radical (unpaired) electrons. The number of aryl methyl sites for hydroxylation is 2. The summed E-state index contributed by atoms with van der Waals surface area (Å²) in [5.41, 5.74) is 4.27. The number of carbonyl (C=O) groups is 1. The van der Waals surface area contributed by atoms with Crippen molar-refractivity contribution in [3.8, 4) is 11.4 Å². The number of H-pyrrole nitrogens is 1. The van der Waals surface area contributed by atoms with Crippen LogP contribution in [0.5, 0.6) is 0 Å². The first-order valence-corrected chi connectivity index (χ1v) is 9.12. The van der Waals surface area contributed by atoms with Crippen molar-refractivity contribution in [3.63, 3.8) is 0 Å². The third kappa shape index (κ3) is 3.44. The summed E-state index contributed by atoms with van der Waals surface area (Å²) in [6, 6.07) is 16.1. The lowest BCUT2D eigenvalue weighted by molar-refractivity contribution is -0.115. The smallest absolute Gasteiger partial charge is 0.237 e. The summed E-state index contributed by atoms with van der Waals surface area (Å²) in [5.74, 6) is 0.733. The molecule has 0 fully saturated rings. The Balaban J connectivity index is 1.49. The third-order valence-electron chi connectivity index (χ3n) is 4.28. The molecule has 0 spiro atoms. The van der Waals surface area contributed by atoms with Crippen LogP contribution in [-0.4, -0.2) is 26.3 Å². The molecule has 25 heavy (non-hydrogen) atoms. The molecular weight excluding hydrogens is 332 g/mol. The first-order valence-electron chi connectivity index (χ1n) is 8.24. The minimum absolute atomic E-state index is 0.0108. The number of para-hydroxylation sites is 1. The van der Waals surface area contributed by atoms with E-state index in [2.05, 4.69) is 26.6 Å². The number of fused-ring (bicyclic) bond motifs is 1. The Morgan fingerprint density at radius 2 is 1.92 bits per heavy atom. The maximum Gasteiger partial charge on any atom is 0.237 e. The molecule has 0 saturated heterocycles. The molecule has 0 aliphatic carbocycles. The fourth-order valence-electron chi connectivity index (χ4n) is 2.87. The van der Waals surface area contributed by atoms with Crippen LogP contribution < -0.4 is 5.32 Å². The van der Waals surface area contributed by atoms with Gasteiger partial charge in [0.1, 0.15) is 0 Å². The zero-order valence-electron chi connectivity index (χ0n) is 13.8. The Morgan fingerprint density at radius 1 is 1.12 bits per heavy atom. The highest BCUT2D eigenvalue weighted by molar-refractivity contribution is 8.00. The van der Waals surface area contributed by atoms with Gasteiger partial charge in [0.2, 0.25) is 11.1 Å². The number of aromatic nitrogens is 3. The first kappa shape index (κ1) is 15.9. The van der Waals surface area contributed by atoms with Crippen LogP contribution in [0.25, 0.3) is 11.4 Å². The molecular formula is C19H18N4OS. The van der Waals surface area contributed by atoms with E-state index in [9.17, 15) is 4.79 Å². The summed E-state index contributed by atoms with van der Waals surface area (Å²) in [5, 5.41) is 10.6. The Labute approximate surface area is 150 Å². The van der Waals surface area contributed by atoms with E-state index in [0.29, 0.717) is 5.16 Å². The number of anilines is 1. The lowest BCUT2D eigenvalue weighted by Crippen LogP contribution is -2.23. The van der Waals surface area contributed by atoms with Gasteiger partial charge in [-0.25, -0.2) is 4.98 Å². The zero-order chi connectivity index (χ0) is 17.2. The van der Waals surface area contributed by atoms with Crippen molar-refractivity contribution in [1.82, 2.24) is 15.2 Å². The molecule has 1 aliphatic heterocycles. The molecule has 2 N–H and O–H groups in total. The molecule has 1 unspecified atom stereocenters. The van der Waals surface area contributed by atoms with E-state index in [1.165, 1.54) is 22.9 Å². The fourth-order valence-corrected chi connectivity index (χ4v) is 3.77. The second kappa shape index (κ2) is 6.72. The summed E-state index contributed by atoms with van der Waals surface area (Å²) in [7, 11) is 0. The van der Waals surface area contributed by atoms with Crippen molar-refractivity contribution in [2.75, 3.05) is 5.32 Å². The maximum absolute atomic E-state index is 12.5. The van der Waals surface area contributed by atoms with E-state index in [1.807, 2.05) is 49.4 Å². The predicted octanol–water partition coefficient (Wildman–Crippen LogP) is 3.83. The van der Waals surface area contributed by atoms with Crippen molar-refractivity contribution in [1.29, 1.82) is 0 Å². The van der Waals surface area contributed by atoms with Crippen molar-refractivity contribution in [2.45, 2.75) is 30.2 Å². The van der Waals surface area contributed by atoms with E-state index in [1.54, 1.807) is 0 Å². The summed E-state index contributed by atoms with van der Waals surface area (Å²) in [4.78, 5) is 17.0. The van der Waals surface area contributed by atoms with Gasteiger partial charge in [-0.15, -0.1) is 5.10 Å². The quantitative estimate of drug-likeness (QED) is 0.753. The SMILES string of the molecule is Cc1ccc(-c2nc(SC3CCc4ccccc4NC3=O)n[nH]2)cc1. The molecule has 126 valence electrons. The highest BCUT2D eigenvalue weighted by Crippen LogP contribution is 2.30. The van der Waals surface area contributed by atoms with E-state index in [-0.39, 0.29) is 11.2 Å². The normalized spacial score (nSPS) is 16.8. The summed E-state index contributed by atoms with van der Waals surface area (Å²) in [6.07, 6.45) is 1.63. The molecule has 6 heteroatoms. The van der Waals surface area contributed by atoms with Crippen LogP contribution in [0.2, 0.25) is 0 Å². The lowest BCUT2D eigenvalue weighted by atomic mass is 10.1. The Hall–Kier alpha value is -2.60. The number of rotatable bonds is 3. The second-order valence-electron chi connectivity index (χ2n) is 6.12. The van der Waals surface area contributed by atoms with E-state index in [4.69, 9.17) is 0 Å². The monoisotopic (exact) mass is 350 g/mol. The van der Waals surface area contributed by atoms with Gasteiger partial charge >= 0.3 is 0 Å². The van der Waals surface area contributed by atoms with Crippen molar-refractivity contribution >= 4 is 23.4 Å². The van der Waals surface area contributed by atoms with Crippen LogP contribution in [0, 0.1) is 6.92 Å².